The number of ether oxygens (including phenoxy) is 1. The topological polar surface area (TPSA) is 192 Å². The summed E-state index contributed by atoms with van der Waals surface area (Å²) >= 11 is 1.64. The van der Waals surface area contributed by atoms with Crippen LogP contribution < -0.4 is 10.1 Å². The van der Waals surface area contributed by atoms with Crippen molar-refractivity contribution in [2.45, 2.75) is 25.0 Å². The predicted molar refractivity (Wildman–Crippen MR) is 155 cm³/mol. The van der Waals surface area contributed by atoms with E-state index in [4.69, 9.17) is 13.8 Å². The zero-order valence-corrected chi connectivity index (χ0v) is 24.9. The van der Waals surface area contributed by atoms with Crippen molar-refractivity contribution in [1.29, 1.82) is 0 Å². The number of nitrogens with zero attached hydrogens (tertiary/aromatic N) is 4. The van der Waals surface area contributed by atoms with Crippen LogP contribution in [-0.4, -0.2) is 103 Å². The van der Waals surface area contributed by atoms with Crippen molar-refractivity contribution in [3.8, 4) is 5.88 Å². The van der Waals surface area contributed by atoms with E-state index in [0.29, 0.717) is 36.5 Å². The second kappa shape index (κ2) is 16.0. The number of thiazole rings is 1. The summed E-state index contributed by atoms with van der Waals surface area (Å²) in [7, 11) is -5.74. The van der Waals surface area contributed by atoms with E-state index in [1.165, 1.54) is 0 Å². The molecule has 1 fully saturated rings. The van der Waals surface area contributed by atoms with Gasteiger partial charge in [0.2, 0.25) is 5.88 Å². The number of likely N-dealkylation sites (tertiary alicyclic amines) is 1. The predicted octanol–water partition coefficient (Wildman–Crippen LogP) is 1.90. The van der Waals surface area contributed by atoms with Crippen LogP contribution in [-0.2, 0) is 20.2 Å². The lowest BCUT2D eigenvalue weighted by Crippen LogP contribution is -2.43. The van der Waals surface area contributed by atoms with E-state index in [1.807, 2.05) is 23.7 Å². The zero-order valence-electron chi connectivity index (χ0n) is 22.4. The summed E-state index contributed by atoms with van der Waals surface area (Å²) in [5, 5.41) is 17.5. The largest absolute Gasteiger partial charge is 0.481 e. The standard InChI is InChI=1S/C22H27N5O2S.2CH4O3S/c1-29-20-5-4-18-22(26-20)17(6-10-24-18)19(28)15-27-12-7-16(8-13-27)23-9-2-3-21-25-11-14-30-21;2*1-5(2,3)4/h2-6,10-11,14,16,19,23,28H,7-9,12-13,15H2,1H3;2*1H3,(H,2,3,4)/b3-2+;;/t19-;;/m0../s1. The minimum atomic E-state index is -3.67. The van der Waals surface area contributed by atoms with E-state index >= 15 is 0 Å². The summed E-state index contributed by atoms with van der Waals surface area (Å²) in [6.45, 7) is 3.37. The van der Waals surface area contributed by atoms with E-state index < -0.39 is 26.3 Å². The first kappa shape index (κ1) is 33.6. The molecule has 4 heterocycles. The van der Waals surface area contributed by atoms with Crippen LogP contribution in [0.1, 0.15) is 29.5 Å². The van der Waals surface area contributed by atoms with Crippen molar-refractivity contribution < 1.29 is 35.8 Å². The Morgan fingerprint density at radius 3 is 2.33 bits per heavy atom. The first-order valence-corrected chi connectivity index (χ1v) is 16.6. The fourth-order valence-electron chi connectivity index (χ4n) is 3.78. The average Bonchev–Trinajstić information content (AvgIpc) is 3.38. The number of hydrogen-bond donors (Lipinski definition) is 4. The molecule has 40 heavy (non-hydrogen) atoms. The van der Waals surface area contributed by atoms with Gasteiger partial charge in [-0.15, -0.1) is 11.3 Å². The number of β-amino-alcohol motifs (C(OH)–C–C–N with tert-alkyl or cyclic N) is 1. The SMILES string of the molecule is COc1ccc2nccc([C@@H](O)CN3CCC(NC/C=C/c4nccs4)CC3)c2n1.CS(=O)(=O)O.CS(=O)(=O)O. The molecule has 3 aromatic rings. The summed E-state index contributed by atoms with van der Waals surface area (Å²) in [5.74, 6) is 0.528. The number of aliphatic hydroxyl groups excluding tert-OH is 1. The monoisotopic (exact) mass is 617 g/mol. The molecular weight excluding hydrogens is 582 g/mol. The van der Waals surface area contributed by atoms with Crippen molar-refractivity contribution >= 4 is 48.7 Å². The molecule has 0 radical (unpaired) electrons. The summed E-state index contributed by atoms with van der Waals surface area (Å²) in [5.41, 5.74) is 2.26. The van der Waals surface area contributed by atoms with Crippen LogP contribution >= 0.6 is 11.3 Å². The summed E-state index contributed by atoms with van der Waals surface area (Å²) in [4.78, 5) is 15.4. The second-order valence-electron chi connectivity index (χ2n) is 8.86. The average molecular weight is 618 g/mol. The molecule has 1 saturated heterocycles. The molecule has 0 bridgehead atoms. The smallest absolute Gasteiger partial charge is 0.261 e. The van der Waals surface area contributed by atoms with Crippen molar-refractivity contribution in [2.24, 2.45) is 0 Å². The maximum atomic E-state index is 10.9. The van der Waals surface area contributed by atoms with Crippen LogP contribution in [0.15, 0.2) is 42.0 Å². The normalized spacial score (nSPS) is 15.7. The molecule has 0 saturated carbocycles. The number of piperidine rings is 1. The number of aliphatic hydroxyl groups is 1. The minimum Gasteiger partial charge on any atom is -0.481 e. The Morgan fingerprint density at radius 1 is 1.10 bits per heavy atom. The number of rotatable bonds is 8. The van der Waals surface area contributed by atoms with E-state index in [-0.39, 0.29) is 0 Å². The van der Waals surface area contributed by atoms with Crippen LogP contribution in [0.2, 0.25) is 0 Å². The maximum absolute atomic E-state index is 10.9. The van der Waals surface area contributed by atoms with Gasteiger partial charge in [-0.25, -0.2) is 9.97 Å². The van der Waals surface area contributed by atoms with Gasteiger partial charge < -0.3 is 20.1 Å². The molecule has 222 valence electrons. The van der Waals surface area contributed by atoms with E-state index in [9.17, 15) is 21.9 Å². The van der Waals surface area contributed by atoms with Crippen molar-refractivity contribution in [2.75, 3.05) is 45.8 Å². The lowest BCUT2D eigenvalue weighted by molar-refractivity contribution is 0.0953. The lowest BCUT2D eigenvalue weighted by atomic mass is 10.0. The van der Waals surface area contributed by atoms with Gasteiger partial charge in [0.15, 0.2) is 0 Å². The van der Waals surface area contributed by atoms with Crippen LogP contribution in [0.5, 0.6) is 5.88 Å². The van der Waals surface area contributed by atoms with E-state index in [0.717, 1.165) is 48.6 Å². The first-order valence-electron chi connectivity index (χ1n) is 12.1. The summed E-state index contributed by atoms with van der Waals surface area (Å²) in [6, 6.07) is 6.02. The third-order valence-corrected chi connectivity index (χ3v) is 6.15. The molecule has 0 aromatic carbocycles. The van der Waals surface area contributed by atoms with Crippen molar-refractivity contribution in [3.63, 3.8) is 0 Å². The molecule has 16 heteroatoms. The Bertz CT molecular complexity index is 1380. The van der Waals surface area contributed by atoms with E-state index in [2.05, 4.69) is 37.3 Å². The number of nitrogens with one attached hydrogen (secondary N) is 1. The van der Waals surface area contributed by atoms with Crippen molar-refractivity contribution in [1.82, 2.24) is 25.2 Å². The molecule has 0 unspecified atom stereocenters. The Hall–Kier alpha value is -2.57. The molecule has 0 spiro atoms. The second-order valence-corrected chi connectivity index (χ2v) is 12.7. The van der Waals surface area contributed by atoms with Gasteiger partial charge >= 0.3 is 0 Å². The van der Waals surface area contributed by atoms with Gasteiger partial charge in [-0.2, -0.15) is 16.8 Å². The lowest BCUT2D eigenvalue weighted by Gasteiger charge is -2.33. The fourth-order valence-corrected chi connectivity index (χ4v) is 4.34. The highest BCUT2D eigenvalue weighted by Gasteiger charge is 2.22. The molecule has 13 nitrogen and oxygen atoms in total. The highest BCUT2D eigenvalue weighted by molar-refractivity contribution is 7.85. The van der Waals surface area contributed by atoms with Gasteiger partial charge in [0, 0.05) is 48.5 Å². The molecule has 4 N–H and O–H groups in total. The number of pyridine rings is 2. The quantitative estimate of drug-likeness (QED) is 0.268. The third kappa shape index (κ3) is 14.2. The Kier molecular flexibility index (Phi) is 13.5. The van der Waals surface area contributed by atoms with Gasteiger partial charge in [0.1, 0.15) is 5.01 Å². The van der Waals surface area contributed by atoms with Gasteiger partial charge in [-0.1, -0.05) is 6.08 Å². The summed E-state index contributed by atoms with van der Waals surface area (Å²) < 4.78 is 57.0. The van der Waals surface area contributed by atoms with Crippen LogP contribution in [0.3, 0.4) is 0 Å². The number of fused-ring (bicyclic) bond motifs is 1. The number of hydrogen-bond acceptors (Lipinski definition) is 12. The first-order chi connectivity index (χ1) is 18.7. The number of methoxy groups -OCH3 is 1. The molecule has 3 aromatic heterocycles. The molecule has 1 aliphatic heterocycles. The molecule has 0 aliphatic carbocycles. The van der Waals surface area contributed by atoms with Gasteiger partial charge in [0.05, 0.1) is 36.8 Å². The zero-order chi connectivity index (χ0) is 29.8. The van der Waals surface area contributed by atoms with Crippen molar-refractivity contribution in [3.05, 3.63) is 52.6 Å². The highest BCUT2D eigenvalue weighted by atomic mass is 32.2. The Balaban J connectivity index is 0.000000482. The van der Waals surface area contributed by atoms with Gasteiger partial charge in [-0.3, -0.25) is 14.1 Å². The van der Waals surface area contributed by atoms with Crippen LogP contribution in [0, 0.1) is 0 Å². The molecular formula is C24H35N5O8S3. The van der Waals surface area contributed by atoms with Gasteiger partial charge in [-0.05, 0) is 44.1 Å². The number of aromatic nitrogens is 3. The van der Waals surface area contributed by atoms with E-state index in [1.54, 1.807) is 30.7 Å². The Labute approximate surface area is 238 Å². The molecule has 1 atom stereocenters. The Morgan fingerprint density at radius 2 is 1.75 bits per heavy atom. The van der Waals surface area contributed by atoms with Crippen LogP contribution in [0.4, 0.5) is 0 Å². The highest BCUT2D eigenvalue weighted by Crippen LogP contribution is 2.25. The minimum absolute atomic E-state index is 0.507. The molecule has 4 rings (SSSR count). The van der Waals surface area contributed by atoms with Gasteiger partial charge in [0.25, 0.3) is 20.2 Å². The summed E-state index contributed by atoms with van der Waals surface area (Å²) in [6.07, 6.45) is 10.7. The molecule has 1 aliphatic rings. The third-order valence-electron chi connectivity index (χ3n) is 5.41. The fraction of sp³-hybridized carbons (Fsp3) is 0.458. The van der Waals surface area contributed by atoms with Crippen LogP contribution in [0.25, 0.3) is 17.1 Å². The molecule has 0 amide bonds. The maximum Gasteiger partial charge on any atom is 0.261 e.